The van der Waals surface area contributed by atoms with E-state index in [1.807, 2.05) is 11.8 Å². The van der Waals surface area contributed by atoms with Gasteiger partial charge in [-0.1, -0.05) is 25.1 Å². The summed E-state index contributed by atoms with van der Waals surface area (Å²) in [5.74, 6) is 1.94. The van der Waals surface area contributed by atoms with Crippen LogP contribution < -0.4 is 5.32 Å². The lowest BCUT2D eigenvalue weighted by Gasteiger charge is -2.31. The summed E-state index contributed by atoms with van der Waals surface area (Å²) in [5.41, 5.74) is 0. The molecule has 1 N–H and O–H groups in total. The van der Waals surface area contributed by atoms with Crippen LogP contribution in [0.25, 0.3) is 0 Å². The van der Waals surface area contributed by atoms with E-state index in [-0.39, 0.29) is 0 Å². The van der Waals surface area contributed by atoms with Crippen molar-refractivity contribution in [3.05, 3.63) is 30.3 Å². The lowest BCUT2D eigenvalue weighted by Crippen LogP contribution is -2.41. The molecule has 1 fully saturated rings. The minimum atomic E-state index is 0.619. The molecule has 0 aliphatic carbocycles. The molecule has 0 saturated carbocycles. The molecule has 2 rings (SSSR count). The molecule has 1 unspecified atom stereocenters. The Morgan fingerprint density at radius 2 is 2.00 bits per heavy atom. The first-order valence-corrected chi connectivity index (χ1v) is 8.37. The largest absolute Gasteiger partial charge is 0.381 e. The van der Waals surface area contributed by atoms with E-state index in [9.17, 15) is 0 Å². The Kier molecular flexibility index (Phi) is 6.75. The molecule has 0 bridgehead atoms. The number of ether oxygens (including phenoxy) is 1. The molecule has 1 heterocycles. The lowest BCUT2D eigenvalue weighted by molar-refractivity contribution is 0.0566. The highest BCUT2D eigenvalue weighted by Crippen LogP contribution is 2.25. The Morgan fingerprint density at radius 1 is 1.26 bits per heavy atom. The Hall–Kier alpha value is -0.510. The molecule has 19 heavy (non-hydrogen) atoms. The third-order valence-electron chi connectivity index (χ3n) is 3.66. The van der Waals surface area contributed by atoms with Crippen molar-refractivity contribution < 1.29 is 4.74 Å². The first-order valence-electron chi connectivity index (χ1n) is 7.39. The van der Waals surface area contributed by atoms with Gasteiger partial charge in [0, 0.05) is 29.9 Å². The number of thioether (sulfide) groups is 1. The van der Waals surface area contributed by atoms with Crippen LogP contribution in [0.4, 0.5) is 0 Å². The normalized spacial score (nSPS) is 18.4. The van der Waals surface area contributed by atoms with Gasteiger partial charge in [0.1, 0.15) is 0 Å². The highest BCUT2D eigenvalue weighted by molar-refractivity contribution is 7.99. The molecule has 106 valence electrons. The van der Waals surface area contributed by atoms with Crippen molar-refractivity contribution in [2.45, 2.75) is 37.1 Å². The highest BCUT2D eigenvalue weighted by Gasteiger charge is 2.23. The van der Waals surface area contributed by atoms with Crippen LogP contribution in [0.15, 0.2) is 35.2 Å². The van der Waals surface area contributed by atoms with E-state index in [1.165, 1.54) is 24.2 Å². The van der Waals surface area contributed by atoms with Gasteiger partial charge in [-0.25, -0.2) is 0 Å². The molecule has 0 spiro atoms. The molecular weight excluding hydrogens is 254 g/mol. The minimum Gasteiger partial charge on any atom is -0.381 e. The first-order chi connectivity index (χ1) is 9.40. The van der Waals surface area contributed by atoms with E-state index < -0.39 is 0 Å². The van der Waals surface area contributed by atoms with Crippen LogP contribution >= 0.6 is 11.8 Å². The van der Waals surface area contributed by atoms with Crippen molar-refractivity contribution in [1.29, 1.82) is 0 Å². The third kappa shape index (κ3) is 5.17. The first kappa shape index (κ1) is 14.9. The Labute approximate surface area is 121 Å². The topological polar surface area (TPSA) is 21.3 Å². The molecule has 1 aliphatic rings. The fraction of sp³-hybridized carbons (Fsp3) is 0.625. The quantitative estimate of drug-likeness (QED) is 0.771. The maximum Gasteiger partial charge on any atom is 0.0469 e. The summed E-state index contributed by atoms with van der Waals surface area (Å²) in [5, 5.41) is 3.73. The molecule has 0 radical (unpaired) electrons. The van der Waals surface area contributed by atoms with E-state index in [4.69, 9.17) is 4.74 Å². The predicted molar refractivity (Wildman–Crippen MR) is 82.8 cm³/mol. The van der Waals surface area contributed by atoms with Gasteiger partial charge in [0.2, 0.25) is 0 Å². The Morgan fingerprint density at radius 3 is 2.68 bits per heavy atom. The zero-order valence-corrected chi connectivity index (χ0v) is 12.6. The summed E-state index contributed by atoms with van der Waals surface area (Å²) in [6.07, 6.45) is 3.61. The van der Waals surface area contributed by atoms with Crippen LogP contribution in [-0.4, -0.2) is 31.6 Å². The summed E-state index contributed by atoms with van der Waals surface area (Å²) in [6, 6.07) is 11.3. The van der Waals surface area contributed by atoms with Gasteiger partial charge >= 0.3 is 0 Å². The average Bonchev–Trinajstić information content (AvgIpc) is 2.49. The smallest absolute Gasteiger partial charge is 0.0469 e. The molecule has 1 aromatic carbocycles. The van der Waals surface area contributed by atoms with Crippen LogP contribution in [0.2, 0.25) is 0 Å². The van der Waals surface area contributed by atoms with Crippen LogP contribution in [0, 0.1) is 5.92 Å². The Bertz CT molecular complexity index is 338. The molecule has 1 aliphatic heterocycles. The van der Waals surface area contributed by atoms with Crippen LogP contribution in [0.1, 0.15) is 26.2 Å². The summed E-state index contributed by atoms with van der Waals surface area (Å²) >= 11 is 1.97. The van der Waals surface area contributed by atoms with Crippen molar-refractivity contribution in [3.8, 4) is 0 Å². The van der Waals surface area contributed by atoms with Gasteiger partial charge < -0.3 is 10.1 Å². The maximum atomic E-state index is 5.48. The predicted octanol–water partition coefficient (Wildman–Crippen LogP) is 3.57. The van der Waals surface area contributed by atoms with E-state index >= 15 is 0 Å². The fourth-order valence-electron chi connectivity index (χ4n) is 2.51. The lowest BCUT2D eigenvalue weighted by atomic mass is 9.93. The number of benzene rings is 1. The zero-order valence-electron chi connectivity index (χ0n) is 11.8. The molecular formula is C16H25NOS. The second kappa shape index (κ2) is 8.62. The van der Waals surface area contributed by atoms with Gasteiger partial charge in [-0.15, -0.1) is 11.8 Å². The van der Waals surface area contributed by atoms with Gasteiger partial charge in [0.25, 0.3) is 0 Å². The van der Waals surface area contributed by atoms with E-state index in [2.05, 4.69) is 42.6 Å². The summed E-state index contributed by atoms with van der Waals surface area (Å²) in [7, 11) is 0. The number of nitrogens with one attached hydrogen (secondary N) is 1. The van der Waals surface area contributed by atoms with Crippen molar-refractivity contribution in [3.63, 3.8) is 0 Å². The molecule has 1 saturated heterocycles. The van der Waals surface area contributed by atoms with Crippen LogP contribution in [0.5, 0.6) is 0 Å². The summed E-state index contributed by atoms with van der Waals surface area (Å²) in [4.78, 5) is 1.37. The van der Waals surface area contributed by atoms with Crippen molar-refractivity contribution in [1.82, 2.24) is 5.32 Å². The number of hydrogen-bond acceptors (Lipinski definition) is 3. The minimum absolute atomic E-state index is 0.619. The second-order valence-electron chi connectivity index (χ2n) is 5.13. The van der Waals surface area contributed by atoms with Crippen LogP contribution in [-0.2, 0) is 4.74 Å². The van der Waals surface area contributed by atoms with Crippen LogP contribution in [0.3, 0.4) is 0 Å². The molecule has 3 heteroatoms. The fourth-order valence-corrected chi connectivity index (χ4v) is 3.62. The van der Waals surface area contributed by atoms with Gasteiger partial charge in [-0.3, -0.25) is 0 Å². The van der Waals surface area contributed by atoms with E-state index in [0.29, 0.717) is 6.04 Å². The molecule has 1 atom stereocenters. The number of hydrogen-bond donors (Lipinski definition) is 1. The average molecular weight is 279 g/mol. The van der Waals surface area contributed by atoms with Crippen molar-refractivity contribution in [2.24, 2.45) is 5.92 Å². The molecule has 0 aromatic heterocycles. The Balaban J connectivity index is 1.85. The third-order valence-corrected chi connectivity index (χ3v) is 4.80. The van der Waals surface area contributed by atoms with Gasteiger partial charge in [-0.2, -0.15) is 0 Å². The van der Waals surface area contributed by atoms with Crippen molar-refractivity contribution >= 4 is 11.8 Å². The van der Waals surface area contributed by atoms with Crippen molar-refractivity contribution in [2.75, 3.05) is 25.5 Å². The summed E-state index contributed by atoms with van der Waals surface area (Å²) < 4.78 is 5.48. The maximum absolute atomic E-state index is 5.48. The van der Waals surface area contributed by atoms with E-state index in [0.717, 1.165) is 31.4 Å². The SMILES string of the molecule is CCCNC(CSc1ccccc1)C1CCOCC1. The van der Waals surface area contributed by atoms with Gasteiger partial charge in [0.05, 0.1) is 0 Å². The zero-order chi connectivity index (χ0) is 13.3. The van der Waals surface area contributed by atoms with Gasteiger partial charge in [-0.05, 0) is 43.9 Å². The molecule has 0 amide bonds. The second-order valence-corrected chi connectivity index (χ2v) is 6.23. The highest BCUT2D eigenvalue weighted by atomic mass is 32.2. The standard InChI is InChI=1S/C16H25NOS/c1-2-10-17-16(14-8-11-18-12-9-14)13-19-15-6-4-3-5-7-15/h3-7,14,16-17H,2,8-13H2,1H3. The summed E-state index contributed by atoms with van der Waals surface area (Å²) in [6.45, 7) is 5.23. The molecule has 1 aromatic rings. The van der Waals surface area contributed by atoms with E-state index in [1.54, 1.807) is 0 Å². The molecule has 2 nitrogen and oxygen atoms in total. The van der Waals surface area contributed by atoms with Gasteiger partial charge in [0.15, 0.2) is 0 Å². The number of rotatable bonds is 7. The monoisotopic (exact) mass is 279 g/mol.